The Hall–Kier alpha value is -1.25. The van der Waals surface area contributed by atoms with Crippen molar-refractivity contribution in [2.24, 2.45) is 0 Å². The molecular weight excluding hydrogens is 200 g/mol. The fourth-order valence-corrected chi connectivity index (χ4v) is 2.41. The smallest absolute Gasteiger partial charge is 0.223 e. The maximum atomic E-state index is 12.0. The van der Waals surface area contributed by atoms with Crippen molar-refractivity contribution >= 4 is 5.91 Å². The van der Waals surface area contributed by atoms with Gasteiger partial charge in [0.25, 0.3) is 0 Å². The Morgan fingerprint density at radius 3 is 3.19 bits per heavy atom. The number of amides is 1. The van der Waals surface area contributed by atoms with E-state index >= 15 is 0 Å². The molecule has 1 atom stereocenters. The summed E-state index contributed by atoms with van der Waals surface area (Å²) in [5.41, 5.74) is 1.18. The van der Waals surface area contributed by atoms with E-state index in [-0.39, 0.29) is 0 Å². The average molecular weight is 220 g/mol. The molecule has 1 N–H and O–H groups in total. The van der Waals surface area contributed by atoms with Gasteiger partial charge < -0.3 is 9.88 Å². The fraction of sp³-hybridized carbons (Fsp3) is 0.615. The third-order valence-electron chi connectivity index (χ3n) is 3.30. The number of unbranched alkanes of at least 4 members (excludes halogenated alkanes) is 1. The van der Waals surface area contributed by atoms with E-state index in [2.05, 4.69) is 18.0 Å². The molecule has 1 saturated heterocycles. The van der Waals surface area contributed by atoms with Crippen molar-refractivity contribution in [3.63, 3.8) is 0 Å². The van der Waals surface area contributed by atoms with E-state index in [0.717, 1.165) is 32.2 Å². The summed E-state index contributed by atoms with van der Waals surface area (Å²) in [6.07, 6.45) is 6.95. The van der Waals surface area contributed by atoms with Crippen molar-refractivity contribution in [2.75, 3.05) is 6.54 Å². The van der Waals surface area contributed by atoms with Gasteiger partial charge in [-0.15, -0.1) is 0 Å². The Balaban J connectivity index is 2.01. The van der Waals surface area contributed by atoms with Crippen LogP contribution in [0.3, 0.4) is 0 Å². The van der Waals surface area contributed by atoms with E-state index in [4.69, 9.17) is 0 Å². The van der Waals surface area contributed by atoms with Crippen LogP contribution < -0.4 is 0 Å². The number of nitrogens with zero attached hydrogens (tertiary/aromatic N) is 1. The lowest BCUT2D eigenvalue weighted by Crippen LogP contribution is -2.30. The first-order chi connectivity index (χ1) is 7.83. The molecule has 16 heavy (non-hydrogen) atoms. The summed E-state index contributed by atoms with van der Waals surface area (Å²) in [5, 5.41) is 0. The highest BCUT2D eigenvalue weighted by Gasteiger charge is 2.29. The highest BCUT2D eigenvalue weighted by molar-refractivity contribution is 5.76. The van der Waals surface area contributed by atoms with Gasteiger partial charge in [0, 0.05) is 24.9 Å². The summed E-state index contributed by atoms with van der Waals surface area (Å²) in [7, 11) is 0. The molecule has 1 aliphatic heterocycles. The lowest BCUT2D eigenvalue weighted by Gasteiger charge is -2.24. The van der Waals surface area contributed by atoms with E-state index < -0.39 is 0 Å². The number of aromatic nitrogens is 1. The number of aromatic amines is 1. The minimum absolute atomic E-state index is 0.291. The van der Waals surface area contributed by atoms with Gasteiger partial charge >= 0.3 is 0 Å². The van der Waals surface area contributed by atoms with Gasteiger partial charge in [-0.1, -0.05) is 13.3 Å². The summed E-state index contributed by atoms with van der Waals surface area (Å²) >= 11 is 0. The second-order valence-electron chi connectivity index (χ2n) is 4.47. The van der Waals surface area contributed by atoms with E-state index in [1.807, 2.05) is 17.2 Å². The van der Waals surface area contributed by atoms with Gasteiger partial charge in [-0.2, -0.15) is 0 Å². The fourth-order valence-electron chi connectivity index (χ4n) is 2.41. The second-order valence-corrected chi connectivity index (χ2v) is 4.47. The quantitative estimate of drug-likeness (QED) is 0.832. The van der Waals surface area contributed by atoms with Gasteiger partial charge in [-0.25, -0.2) is 0 Å². The van der Waals surface area contributed by atoms with E-state index in [1.165, 1.54) is 5.69 Å². The van der Waals surface area contributed by atoms with Gasteiger partial charge in [0.1, 0.15) is 0 Å². The van der Waals surface area contributed by atoms with Crippen LogP contribution in [0.2, 0.25) is 0 Å². The standard InChI is InChI=1S/C13H20N2O/c1-2-3-8-13(16)15-10-5-7-12(15)11-6-4-9-14-11/h4,6,9,12,14H,2-3,5,7-8,10H2,1H3. The lowest BCUT2D eigenvalue weighted by atomic mass is 10.1. The molecule has 0 saturated carbocycles. The summed E-state index contributed by atoms with van der Waals surface area (Å²) in [6.45, 7) is 3.05. The van der Waals surface area contributed by atoms with E-state index in [0.29, 0.717) is 18.4 Å². The largest absolute Gasteiger partial charge is 0.363 e. The van der Waals surface area contributed by atoms with Crippen LogP contribution in [-0.4, -0.2) is 22.3 Å². The Kier molecular flexibility index (Phi) is 3.65. The molecular formula is C13H20N2O. The van der Waals surface area contributed by atoms with E-state index in [1.54, 1.807) is 0 Å². The normalized spacial score (nSPS) is 20.3. The summed E-state index contributed by atoms with van der Waals surface area (Å²) in [6, 6.07) is 4.37. The van der Waals surface area contributed by atoms with Gasteiger partial charge in [-0.3, -0.25) is 4.79 Å². The SMILES string of the molecule is CCCCC(=O)N1CCCC1c1ccc[nH]1. The first kappa shape index (κ1) is 11.2. The Morgan fingerprint density at radius 1 is 1.62 bits per heavy atom. The summed E-state index contributed by atoms with van der Waals surface area (Å²) in [4.78, 5) is 17.3. The van der Waals surface area contributed by atoms with Crippen molar-refractivity contribution in [1.29, 1.82) is 0 Å². The molecule has 1 aliphatic rings. The molecule has 3 heteroatoms. The van der Waals surface area contributed by atoms with Crippen LogP contribution in [0, 0.1) is 0 Å². The first-order valence-corrected chi connectivity index (χ1v) is 6.25. The third-order valence-corrected chi connectivity index (χ3v) is 3.30. The molecule has 0 spiro atoms. The third kappa shape index (κ3) is 2.29. The number of rotatable bonds is 4. The second kappa shape index (κ2) is 5.19. The van der Waals surface area contributed by atoms with Crippen LogP contribution in [0.1, 0.15) is 50.8 Å². The zero-order valence-corrected chi connectivity index (χ0v) is 9.91. The van der Waals surface area contributed by atoms with Crippen LogP contribution >= 0.6 is 0 Å². The highest BCUT2D eigenvalue weighted by Crippen LogP contribution is 2.31. The maximum Gasteiger partial charge on any atom is 0.223 e. The number of H-pyrrole nitrogens is 1. The number of nitrogens with one attached hydrogen (secondary N) is 1. The molecule has 88 valence electrons. The predicted octanol–water partition coefficient (Wildman–Crippen LogP) is 2.87. The van der Waals surface area contributed by atoms with Crippen molar-refractivity contribution in [3.05, 3.63) is 24.0 Å². The lowest BCUT2D eigenvalue weighted by molar-refractivity contribution is -0.132. The van der Waals surface area contributed by atoms with Gasteiger partial charge in [-0.05, 0) is 31.4 Å². The van der Waals surface area contributed by atoms with Crippen LogP contribution in [0.4, 0.5) is 0 Å². The maximum absolute atomic E-state index is 12.0. The first-order valence-electron chi connectivity index (χ1n) is 6.25. The zero-order valence-electron chi connectivity index (χ0n) is 9.91. The van der Waals surface area contributed by atoms with E-state index in [9.17, 15) is 4.79 Å². The van der Waals surface area contributed by atoms with Crippen molar-refractivity contribution < 1.29 is 4.79 Å². The molecule has 1 aromatic rings. The minimum atomic E-state index is 0.291. The van der Waals surface area contributed by atoms with Gasteiger partial charge in [0.15, 0.2) is 0 Å². The molecule has 1 amide bonds. The van der Waals surface area contributed by atoms with Crippen molar-refractivity contribution in [2.45, 2.75) is 45.1 Å². The highest BCUT2D eigenvalue weighted by atomic mass is 16.2. The topological polar surface area (TPSA) is 36.1 Å². The molecule has 0 aromatic carbocycles. The Morgan fingerprint density at radius 2 is 2.50 bits per heavy atom. The number of likely N-dealkylation sites (tertiary alicyclic amines) is 1. The minimum Gasteiger partial charge on any atom is -0.363 e. The Bertz CT molecular complexity index is 332. The van der Waals surface area contributed by atoms with Gasteiger partial charge in [0.05, 0.1) is 6.04 Å². The number of hydrogen-bond donors (Lipinski definition) is 1. The van der Waals surface area contributed by atoms with Crippen LogP contribution in [0.15, 0.2) is 18.3 Å². The van der Waals surface area contributed by atoms with Crippen LogP contribution in [0.25, 0.3) is 0 Å². The molecule has 2 rings (SSSR count). The number of hydrogen-bond acceptors (Lipinski definition) is 1. The molecule has 0 radical (unpaired) electrons. The molecule has 2 heterocycles. The molecule has 0 aliphatic carbocycles. The summed E-state index contributed by atoms with van der Waals surface area (Å²) in [5.74, 6) is 0.318. The number of carbonyl (C=O) groups excluding carboxylic acids is 1. The average Bonchev–Trinajstić information content (AvgIpc) is 2.94. The number of carbonyl (C=O) groups is 1. The molecule has 1 aromatic heterocycles. The van der Waals surface area contributed by atoms with Crippen LogP contribution in [0.5, 0.6) is 0 Å². The predicted molar refractivity (Wildman–Crippen MR) is 64.0 cm³/mol. The zero-order chi connectivity index (χ0) is 11.4. The van der Waals surface area contributed by atoms with Crippen molar-refractivity contribution in [1.82, 2.24) is 9.88 Å². The van der Waals surface area contributed by atoms with Gasteiger partial charge in [0.2, 0.25) is 5.91 Å². The molecule has 1 unspecified atom stereocenters. The molecule has 1 fully saturated rings. The van der Waals surface area contributed by atoms with Crippen LogP contribution in [-0.2, 0) is 4.79 Å². The molecule has 3 nitrogen and oxygen atoms in total. The summed E-state index contributed by atoms with van der Waals surface area (Å²) < 4.78 is 0. The monoisotopic (exact) mass is 220 g/mol. The van der Waals surface area contributed by atoms with Crippen molar-refractivity contribution in [3.8, 4) is 0 Å². The molecule has 0 bridgehead atoms. The Labute approximate surface area is 96.8 Å².